The highest BCUT2D eigenvalue weighted by molar-refractivity contribution is 7.17. The number of benzene rings is 1. The fourth-order valence-corrected chi connectivity index (χ4v) is 2.70. The molecule has 0 fully saturated rings. The fourth-order valence-electron chi connectivity index (χ4n) is 1.66. The van der Waals surface area contributed by atoms with Crippen molar-refractivity contribution in [2.45, 2.75) is 27.3 Å². The molecule has 0 bridgehead atoms. The molecule has 0 aliphatic rings. The van der Waals surface area contributed by atoms with Crippen molar-refractivity contribution in [3.8, 4) is 0 Å². The number of hydrogen-bond acceptors (Lipinski definition) is 2. The first kappa shape index (κ1) is 12.2. The summed E-state index contributed by atoms with van der Waals surface area (Å²) in [6, 6.07) is 6.48. The summed E-state index contributed by atoms with van der Waals surface area (Å²) in [7, 11) is 1.99. The van der Waals surface area contributed by atoms with E-state index in [0.717, 1.165) is 6.54 Å². The topological polar surface area (TPSA) is 12.0 Å². The van der Waals surface area contributed by atoms with Gasteiger partial charge in [0.05, 0.1) is 0 Å². The molecule has 82 valence electrons. The number of nitrogens with one attached hydrogen (secondary N) is 1. The highest BCUT2D eigenvalue weighted by Gasteiger charge is 2.04. The molecule has 0 saturated carbocycles. The summed E-state index contributed by atoms with van der Waals surface area (Å²) in [6.45, 7) is 7.14. The van der Waals surface area contributed by atoms with E-state index in [-0.39, 0.29) is 0 Å². The lowest BCUT2D eigenvalue weighted by Gasteiger charge is -2.00. The molecule has 0 radical (unpaired) electrons. The molecule has 2 heteroatoms. The van der Waals surface area contributed by atoms with Crippen LogP contribution in [0.5, 0.6) is 0 Å². The van der Waals surface area contributed by atoms with Gasteiger partial charge in [0.15, 0.2) is 0 Å². The van der Waals surface area contributed by atoms with Crippen molar-refractivity contribution < 1.29 is 0 Å². The lowest BCUT2D eigenvalue weighted by atomic mass is 10.1. The van der Waals surface area contributed by atoms with E-state index >= 15 is 0 Å². The summed E-state index contributed by atoms with van der Waals surface area (Å²) in [5.74, 6) is 0. The van der Waals surface area contributed by atoms with Crippen molar-refractivity contribution in [3.63, 3.8) is 0 Å². The summed E-state index contributed by atoms with van der Waals surface area (Å²) < 4.78 is 1.39. The van der Waals surface area contributed by atoms with Gasteiger partial charge >= 0.3 is 0 Å². The van der Waals surface area contributed by atoms with E-state index in [1.807, 2.05) is 32.2 Å². The van der Waals surface area contributed by atoms with Crippen LogP contribution in [0.15, 0.2) is 23.6 Å². The lowest BCUT2D eigenvalue weighted by molar-refractivity contribution is 0.825. The molecule has 0 saturated heterocycles. The maximum Gasteiger partial charge on any atom is 0.0348 e. The van der Waals surface area contributed by atoms with Crippen LogP contribution in [-0.4, -0.2) is 7.05 Å². The second-order valence-corrected chi connectivity index (χ2v) is 4.15. The van der Waals surface area contributed by atoms with Crippen LogP contribution >= 0.6 is 11.3 Å². The van der Waals surface area contributed by atoms with E-state index in [2.05, 4.69) is 35.8 Å². The fraction of sp³-hybridized carbons (Fsp3) is 0.385. The van der Waals surface area contributed by atoms with Gasteiger partial charge in [0.25, 0.3) is 0 Å². The highest BCUT2D eigenvalue weighted by atomic mass is 32.1. The molecular formula is C13H19NS. The predicted molar refractivity (Wildman–Crippen MR) is 70.7 cm³/mol. The average Bonchev–Trinajstić information content (AvgIpc) is 2.67. The molecule has 1 aromatic heterocycles. The summed E-state index contributed by atoms with van der Waals surface area (Å²) in [6.07, 6.45) is 0. The van der Waals surface area contributed by atoms with E-state index in [0.29, 0.717) is 0 Å². The summed E-state index contributed by atoms with van der Waals surface area (Å²) in [5, 5.41) is 6.87. The van der Waals surface area contributed by atoms with Crippen molar-refractivity contribution in [3.05, 3.63) is 34.7 Å². The molecule has 0 spiro atoms. The Bertz CT molecular complexity index is 417. The molecule has 2 aromatic rings. The number of aryl methyl sites for hydroxylation is 1. The van der Waals surface area contributed by atoms with Crippen molar-refractivity contribution in [2.24, 2.45) is 0 Å². The molecule has 2 rings (SSSR count). The molecule has 0 amide bonds. The van der Waals surface area contributed by atoms with Crippen LogP contribution in [0.1, 0.15) is 25.0 Å². The Morgan fingerprint density at radius 2 is 2.00 bits per heavy atom. The van der Waals surface area contributed by atoms with Gasteiger partial charge < -0.3 is 5.32 Å². The van der Waals surface area contributed by atoms with Crippen LogP contribution in [0, 0.1) is 6.92 Å². The maximum absolute atomic E-state index is 3.20. The average molecular weight is 221 g/mol. The lowest BCUT2D eigenvalue weighted by Crippen LogP contribution is -2.04. The Hall–Kier alpha value is -0.860. The molecule has 0 atom stereocenters. The van der Waals surface area contributed by atoms with Gasteiger partial charge in [-0.3, -0.25) is 0 Å². The standard InChI is InChI=1S/C11H13NS.C2H6/c1-8-4-3-5-10-11(8)9(6-12-2)7-13-10;1-2/h3-5,7,12H,6H2,1-2H3;1-2H3. The molecule has 1 heterocycles. The van der Waals surface area contributed by atoms with Gasteiger partial charge in [-0.05, 0) is 41.9 Å². The van der Waals surface area contributed by atoms with Gasteiger partial charge in [0.1, 0.15) is 0 Å². The first-order valence-corrected chi connectivity index (χ1v) is 6.31. The Morgan fingerprint density at radius 3 is 2.67 bits per heavy atom. The van der Waals surface area contributed by atoms with E-state index in [1.165, 1.54) is 21.2 Å². The molecule has 1 aromatic carbocycles. The zero-order valence-corrected chi connectivity index (χ0v) is 10.7. The third kappa shape index (κ3) is 2.58. The predicted octanol–water partition coefficient (Wildman–Crippen LogP) is 3.96. The van der Waals surface area contributed by atoms with Crippen molar-refractivity contribution >= 4 is 21.4 Å². The third-order valence-electron chi connectivity index (χ3n) is 2.25. The molecule has 1 N–H and O–H groups in total. The second kappa shape index (κ2) is 5.89. The van der Waals surface area contributed by atoms with Crippen molar-refractivity contribution in [1.82, 2.24) is 5.32 Å². The van der Waals surface area contributed by atoms with Crippen molar-refractivity contribution in [1.29, 1.82) is 0 Å². The minimum absolute atomic E-state index is 0.963. The summed E-state index contributed by atoms with van der Waals surface area (Å²) >= 11 is 1.83. The van der Waals surface area contributed by atoms with Gasteiger partial charge in [-0.15, -0.1) is 11.3 Å². The number of thiophene rings is 1. The second-order valence-electron chi connectivity index (χ2n) is 3.24. The Balaban J connectivity index is 0.000000531. The number of hydrogen-bond donors (Lipinski definition) is 1. The van der Waals surface area contributed by atoms with Gasteiger partial charge in [-0.1, -0.05) is 26.0 Å². The minimum atomic E-state index is 0.963. The molecule has 1 nitrogen and oxygen atoms in total. The monoisotopic (exact) mass is 221 g/mol. The Kier molecular flexibility index (Phi) is 4.79. The van der Waals surface area contributed by atoms with Crippen LogP contribution in [-0.2, 0) is 6.54 Å². The molecular weight excluding hydrogens is 202 g/mol. The third-order valence-corrected chi connectivity index (χ3v) is 3.25. The van der Waals surface area contributed by atoms with Crippen LogP contribution in [0.25, 0.3) is 10.1 Å². The maximum atomic E-state index is 3.20. The largest absolute Gasteiger partial charge is 0.316 e. The minimum Gasteiger partial charge on any atom is -0.316 e. The summed E-state index contributed by atoms with van der Waals surface area (Å²) in [4.78, 5) is 0. The zero-order chi connectivity index (χ0) is 11.3. The van der Waals surface area contributed by atoms with E-state index in [9.17, 15) is 0 Å². The normalized spacial score (nSPS) is 9.87. The quantitative estimate of drug-likeness (QED) is 0.809. The Labute approximate surface area is 96.1 Å². The first-order chi connectivity index (χ1) is 7.33. The summed E-state index contributed by atoms with van der Waals surface area (Å²) in [5.41, 5.74) is 2.80. The van der Waals surface area contributed by atoms with Crippen LogP contribution < -0.4 is 5.32 Å². The van der Waals surface area contributed by atoms with Gasteiger partial charge in [-0.2, -0.15) is 0 Å². The zero-order valence-electron chi connectivity index (χ0n) is 9.92. The van der Waals surface area contributed by atoms with E-state index in [1.54, 1.807) is 0 Å². The SMILES string of the molecule is CC.CNCc1csc2cccc(C)c12. The number of fused-ring (bicyclic) bond motifs is 1. The van der Waals surface area contributed by atoms with Gasteiger partial charge in [-0.25, -0.2) is 0 Å². The highest BCUT2D eigenvalue weighted by Crippen LogP contribution is 2.28. The molecule has 15 heavy (non-hydrogen) atoms. The van der Waals surface area contributed by atoms with Crippen molar-refractivity contribution in [2.75, 3.05) is 7.05 Å². The van der Waals surface area contributed by atoms with Crippen LogP contribution in [0.4, 0.5) is 0 Å². The van der Waals surface area contributed by atoms with Crippen LogP contribution in [0.3, 0.4) is 0 Å². The molecule has 0 aliphatic heterocycles. The van der Waals surface area contributed by atoms with E-state index < -0.39 is 0 Å². The Morgan fingerprint density at radius 1 is 1.27 bits per heavy atom. The molecule has 0 aliphatic carbocycles. The smallest absolute Gasteiger partial charge is 0.0348 e. The van der Waals surface area contributed by atoms with Gasteiger partial charge in [0, 0.05) is 11.2 Å². The first-order valence-electron chi connectivity index (χ1n) is 5.43. The number of rotatable bonds is 2. The van der Waals surface area contributed by atoms with E-state index in [4.69, 9.17) is 0 Å². The van der Waals surface area contributed by atoms with Gasteiger partial charge in [0.2, 0.25) is 0 Å². The molecule has 0 unspecified atom stereocenters. The van der Waals surface area contributed by atoms with Crippen LogP contribution in [0.2, 0.25) is 0 Å².